The van der Waals surface area contributed by atoms with Crippen molar-refractivity contribution < 1.29 is 14.8 Å². The van der Waals surface area contributed by atoms with Crippen molar-refractivity contribution in [2.24, 2.45) is 0 Å². The molecule has 3 aromatic rings. The van der Waals surface area contributed by atoms with Crippen LogP contribution in [0.15, 0.2) is 35.1 Å². The SMILES string of the molecule is CCCCOc1ccc2[nH]c3c([N+](=O)[O-])ccc(NCCNCCO)c3c(=O)c2c1. The van der Waals surface area contributed by atoms with Crippen LogP contribution >= 0.6 is 0 Å². The lowest BCUT2D eigenvalue weighted by Gasteiger charge is -2.12. The van der Waals surface area contributed by atoms with Crippen LogP contribution in [0.5, 0.6) is 5.75 Å². The lowest BCUT2D eigenvalue weighted by molar-refractivity contribution is -0.383. The molecule has 4 N–H and O–H groups in total. The van der Waals surface area contributed by atoms with Crippen molar-refractivity contribution >= 4 is 33.2 Å². The summed E-state index contributed by atoms with van der Waals surface area (Å²) in [4.78, 5) is 27.4. The predicted molar refractivity (Wildman–Crippen MR) is 118 cm³/mol. The number of aromatic nitrogens is 1. The molecule has 0 unspecified atom stereocenters. The third kappa shape index (κ3) is 4.69. The average molecular weight is 414 g/mol. The molecule has 0 aliphatic rings. The number of pyridine rings is 1. The molecular formula is C21H26N4O5. The summed E-state index contributed by atoms with van der Waals surface area (Å²) in [6, 6.07) is 8.07. The molecule has 9 heteroatoms. The van der Waals surface area contributed by atoms with Gasteiger partial charge in [-0.05, 0) is 30.7 Å². The lowest BCUT2D eigenvalue weighted by Crippen LogP contribution is -2.25. The van der Waals surface area contributed by atoms with Gasteiger partial charge < -0.3 is 25.5 Å². The van der Waals surface area contributed by atoms with E-state index in [4.69, 9.17) is 9.84 Å². The van der Waals surface area contributed by atoms with E-state index in [9.17, 15) is 14.9 Å². The predicted octanol–water partition coefficient (Wildman–Crippen LogP) is 2.76. The molecule has 1 aromatic heterocycles. The van der Waals surface area contributed by atoms with Crippen LogP contribution in [-0.2, 0) is 0 Å². The van der Waals surface area contributed by atoms with Crippen molar-refractivity contribution in [3.8, 4) is 5.75 Å². The molecular weight excluding hydrogens is 388 g/mol. The first-order valence-electron chi connectivity index (χ1n) is 10.0. The van der Waals surface area contributed by atoms with Crippen LogP contribution in [0.4, 0.5) is 11.4 Å². The monoisotopic (exact) mass is 414 g/mol. The number of aliphatic hydroxyl groups excluding tert-OH is 1. The fourth-order valence-corrected chi connectivity index (χ4v) is 3.26. The van der Waals surface area contributed by atoms with Gasteiger partial charge in [0.2, 0.25) is 0 Å². The Morgan fingerprint density at radius 1 is 1.20 bits per heavy atom. The smallest absolute Gasteiger partial charge is 0.293 e. The van der Waals surface area contributed by atoms with Crippen molar-refractivity contribution in [3.63, 3.8) is 0 Å². The van der Waals surface area contributed by atoms with E-state index in [1.807, 2.05) is 0 Å². The van der Waals surface area contributed by atoms with E-state index >= 15 is 0 Å². The van der Waals surface area contributed by atoms with Gasteiger partial charge in [0.1, 0.15) is 11.3 Å². The number of aromatic amines is 1. The second kappa shape index (κ2) is 10.0. The van der Waals surface area contributed by atoms with Gasteiger partial charge in [0, 0.05) is 36.8 Å². The van der Waals surface area contributed by atoms with Gasteiger partial charge in [-0.2, -0.15) is 0 Å². The zero-order valence-electron chi connectivity index (χ0n) is 16.9. The van der Waals surface area contributed by atoms with Crippen molar-refractivity contribution in [1.82, 2.24) is 10.3 Å². The van der Waals surface area contributed by atoms with E-state index in [0.29, 0.717) is 48.6 Å². The fraction of sp³-hybridized carbons (Fsp3) is 0.381. The highest BCUT2D eigenvalue weighted by atomic mass is 16.6. The van der Waals surface area contributed by atoms with Crippen LogP contribution in [0.2, 0.25) is 0 Å². The molecule has 0 atom stereocenters. The van der Waals surface area contributed by atoms with Crippen LogP contribution in [0.3, 0.4) is 0 Å². The van der Waals surface area contributed by atoms with E-state index in [1.54, 1.807) is 24.3 Å². The first-order valence-corrected chi connectivity index (χ1v) is 10.0. The molecule has 2 aromatic carbocycles. The van der Waals surface area contributed by atoms with Gasteiger partial charge in [-0.15, -0.1) is 0 Å². The number of aliphatic hydroxyl groups is 1. The summed E-state index contributed by atoms with van der Waals surface area (Å²) in [5.41, 5.74) is 0.762. The molecule has 9 nitrogen and oxygen atoms in total. The fourth-order valence-electron chi connectivity index (χ4n) is 3.26. The van der Waals surface area contributed by atoms with Crippen molar-refractivity contribution in [1.29, 1.82) is 0 Å². The Morgan fingerprint density at radius 2 is 2.03 bits per heavy atom. The Morgan fingerprint density at radius 3 is 2.77 bits per heavy atom. The van der Waals surface area contributed by atoms with Gasteiger partial charge in [-0.3, -0.25) is 14.9 Å². The number of ether oxygens (including phenoxy) is 1. The molecule has 0 aliphatic heterocycles. The minimum absolute atomic E-state index is 0.0365. The van der Waals surface area contributed by atoms with Crippen molar-refractivity contribution in [3.05, 3.63) is 50.7 Å². The molecule has 3 rings (SSSR count). The minimum atomic E-state index is -0.501. The lowest BCUT2D eigenvalue weighted by atomic mass is 10.1. The molecule has 0 saturated heterocycles. The van der Waals surface area contributed by atoms with E-state index < -0.39 is 4.92 Å². The third-order valence-electron chi connectivity index (χ3n) is 4.77. The Balaban J connectivity index is 2.06. The van der Waals surface area contributed by atoms with Crippen LogP contribution < -0.4 is 20.8 Å². The van der Waals surface area contributed by atoms with Crippen LogP contribution in [0.1, 0.15) is 19.8 Å². The molecule has 0 aliphatic carbocycles. The number of rotatable bonds is 11. The topological polar surface area (TPSA) is 130 Å². The molecule has 0 spiro atoms. The number of non-ortho nitro benzene ring substituents is 1. The number of nitrogens with one attached hydrogen (secondary N) is 3. The number of nitro groups is 1. The summed E-state index contributed by atoms with van der Waals surface area (Å²) in [6.45, 7) is 4.20. The maximum atomic E-state index is 13.3. The standard InChI is InChI=1S/C21H26N4O5/c1-2-3-12-30-14-4-5-16-15(13-14)21(27)19-17(23-9-8-22-10-11-26)6-7-18(25(28)29)20(19)24-16/h4-7,13,22-23,26H,2-3,8-12H2,1H3,(H,24,27). The van der Waals surface area contributed by atoms with Crippen LogP contribution in [0, 0.1) is 10.1 Å². The van der Waals surface area contributed by atoms with Crippen molar-refractivity contribution in [2.45, 2.75) is 19.8 Å². The molecule has 30 heavy (non-hydrogen) atoms. The summed E-state index contributed by atoms with van der Waals surface area (Å²) >= 11 is 0. The number of nitro benzene ring substituents is 1. The third-order valence-corrected chi connectivity index (χ3v) is 4.77. The van der Waals surface area contributed by atoms with Gasteiger partial charge in [0.05, 0.1) is 29.0 Å². The number of hydrogen-bond acceptors (Lipinski definition) is 7. The maximum absolute atomic E-state index is 13.3. The summed E-state index contributed by atoms with van der Waals surface area (Å²) in [6.07, 6.45) is 1.92. The first kappa shape index (κ1) is 21.5. The molecule has 160 valence electrons. The van der Waals surface area contributed by atoms with Gasteiger partial charge in [0.25, 0.3) is 5.69 Å². The summed E-state index contributed by atoms with van der Waals surface area (Å²) in [5.74, 6) is 0.592. The second-order valence-corrected chi connectivity index (χ2v) is 6.90. The summed E-state index contributed by atoms with van der Waals surface area (Å²) in [5, 5.41) is 27.2. The Kier molecular flexibility index (Phi) is 7.21. The summed E-state index contributed by atoms with van der Waals surface area (Å²) in [7, 11) is 0. The Labute approximate surface area is 173 Å². The molecule has 0 saturated carbocycles. The van der Waals surface area contributed by atoms with Gasteiger partial charge >= 0.3 is 0 Å². The number of fused-ring (bicyclic) bond motifs is 2. The number of anilines is 1. The minimum Gasteiger partial charge on any atom is -0.494 e. The van der Waals surface area contributed by atoms with Gasteiger partial charge in [-0.25, -0.2) is 0 Å². The highest BCUT2D eigenvalue weighted by molar-refractivity contribution is 6.03. The first-order chi connectivity index (χ1) is 14.6. The zero-order chi connectivity index (χ0) is 21.5. The number of nitrogens with zero attached hydrogens (tertiary/aromatic N) is 1. The second-order valence-electron chi connectivity index (χ2n) is 6.90. The molecule has 0 amide bonds. The summed E-state index contributed by atoms with van der Waals surface area (Å²) < 4.78 is 5.71. The highest BCUT2D eigenvalue weighted by Crippen LogP contribution is 2.30. The largest absolute Gasteiger partial charge is 0.494 e. The number of unbranched alkanes of at least 4 members (excludes halogenated alkanes) is 1. The molecule has 0 bridgehead atoms. The molecule has 0 fully saturated rings. The Bertz CT molecular complexity index is 1100. The number of benzene rings is 2. The van der Waals surface area contributed by atoms with E-state index in [2.05, 4.69) is 22.5 Å². The van der Waals surface area contributed by atoms with E-state index in [0.717, 1.165) is 12.8 Å². The van der Waals surface area contributed by atoms with E-state index in [1.165, 1.54) is 6.07 Å². The maximum Gasteiger partial charge on any atom is 0.293 e. The van der Waals surface area contributed by atoms with E-state index in [-0.39, 0.29) is 28.6 Å². The zero-order valence-corrected chi connectivity index (χ0v) is 16.9. The average Bonchev–Trinajstić information content (AvgIpc) is 2.74. The number of hydrogen-bond donors (Lipinski definition) is 4. The molecule has 1 heterocycles. The molecule has 0 radical (unpaired) electrons. The van der Waals surface area contributed by atoms with Gasteiger partial charge in [-0.1, -0.05) is 13.3 Å². The number of H-pyrrole nitrogens is 1. The van der Waals surface area contributed by atoms with Crippen molar-refractivity contribution in [2.75, 3.05) is 38.2 Å². The van der Waals surface area contributed by atoms with Gasteiger partial charge in [0.15, 0.2) is 5.43 Å². The van der Waals surface area contributed by atoms with Crippen LogP contribution in [0.25, 0.3) is 21.8 Å². The Hall–Kier alpha value is -3.17. The normalized spacial score (nSPS) is 11.1. The highest BCUT2D eigenvalue weighted by Gasteiger charge is 2.19. The quantitative estimate of drug-likeness (QED) is 0.164. The van der Waals surface area contributed by atoms with Crippen LogP contribution in [-0.4, -0.2) is 47.9 Å².